The molecule has 142 valence electrons. The van der Waals surface area contributed by atoms with Gasteiger partial charge in [0.15, 0.2) is 5.78 Å². The van der Waals surface area contributed by atoms with E-state index in [1.54, 1.807) is 11.8 Å². The summed E-state index contributed by atoms with van der Waals surface area (Å²) in [5.41, 5.74) is 2.48. The van der Waals surface area contributed by atoms with Gasteiger partial charge in [0.2, 0.25) is 0 Å². The van der Waals surface area contributed by atoms with Gasteiger partial charge in [-0.1, -0.05) is 61.5 Å². The van der Waals surface area contributed by atoms with Gasteiger partial charge in [-0.2, -0.15) is 0 Å². The molecule has 0 radical (unpaired) electrons. The Morgan fingerprint density at radius 3 is 1.85 bits per heavy atom. The van der Waals surface area contributed by atoms with Crippen molar-refractivity contribution in [2.45, 2.75) is 56.2 Å². The fourth-order valence-corrected chi connectivity index (χ4v) is 3.35. The minimum absolute atomic E-state index is 0.189. The fraction of sp³-hybridized carbons (Fsp3) is 0.318. The molecule has 0 unspecified atom stereocenters. The molecule has 0 heterocycles. The van der Waals surface area contributed by atoms with E-state index < -0.39 is 5.97 Å². The highest BCUT2D eigenvalue weighted by Gasteiger charge is 2.07. The van der Waals surface area contributed by atoms with E-state index in [2.05, 4.69) is 12.1 Å². The zero-order valence-corrected chi connectivity index (χ0v) is 16.8. The van der Waals surface area contributed by atoms with E-state index in [1.807, 2.05) is 55.5 Å². The number of carbonyl (C=O) groups excluding carboxylic acids is 2. The molecule has 2 aromatic carbocycles. The Balaban J connectivity index is 2.07. The van der Waals surface area contributed by atoms with Gasteiger partial charge < -0.3 is 4.84 Å². The zero-order chi connectivity index (χ0) is 19.6. The summed E-state index contributed by atoms with van der Waals surface area (Å²) >= 11 is 1.64. The highest BCUT2D eigenvalue weighted by molar-refractivity contribution is 7.99. The molecule has 0 aliphatic rings. The summed E-state index contributed by atoms with van der Waals surface area (Å²) in [7, 11) is 0. The van der Waals surface area contributed by atoms with Crippen LogP contribution in [0.1, 0.15) is 62.4 Å². The molecule has 2 rings (SSSR count). The van der Waals surface area contributed by atoms with Crippen molar-refractivity contribution in [1.29, 1.82) is 0 Å². The predicted molar refractivity (Wildman–Crippen MR) is 109 cm³/mol. The van der Waals surface area contributed by atoms with E-state index in [1.165, 1.54) is 6.92 Å². The van der Waals surface area contributed by atoms with Crippen LogP contribution < -0.4 is 0 Å². The Kier molecular flexibility index (Phi) is 8.27. The summed E-state index contributed by atoms with van der Waals surface area (Å²) in [6.45, 7) is 5.41. The van der Waals surface area contributed by atoms with Gasteiger partial charge in [0, 0.05) is 28.7 Å². The van der Waals surface area contributed by atoms with Gasteiger partial charge in [-0.3, -0.25) is 4.79 Å². The molecule has 0 bridgehead atoms. The summed E-state index contributed by atoms with van der Waals surface area (Å²) in [6.07, 6.45) is 3.11. The molecule has 2 aromatic rings. The molecule has 4 nitrogen and oxygen atoms in total. The van der Waals surface area contributed by atoms with Crippen molar-refractivity contribution in [2.75, 3.05) is 0 Å². The topological polar surface area (TPSA) is 55.7 Å². The Morgan fingerprint density at radius 1 is 0.852 bits per heavy atom. The van der Waals surface area contributed by atoms with Crippen molar-refractivity contribution >= 4 is 29.2 Å². The zero-order valence-electron chi connectivity index (χ0n) is 16.0. The molecule has 0 aliphatic heterocycles. The largest absolute Gasteiger partial charge is 0.331 e. The van der Waals surface area contributed by atoms with Gasteiger partial charge in [0.25, 0.3) is 0 Å². The Labute approximate surface area is 165 Å². The van der Waals surface area contributed by atoms with E-state index in [9.17, 15) is 9.59 Å². The van der Waals surface area contributed by atoms with Gasteiger partial charge >= 0.3 is 5.97 Å². The average Bonchev–Trinajstić information content (AvgIpc) is 2.66. The predicted octanol–water partition coefficient (Wildman–Crippen LogP) is 5.89. The second-order valence-electron chi connectivity index (χ2n) is 6.19. The van der Waals surface area contributed by atoms with Crippen LogP contribution in [0.4, 0.5) is 0 Å². The number of Topliss-reactive ketones (excluding diaryl/α,β-unsaturated/α-hetero) is 1. The smallest absolute Gasteiger partial charge is 0.318 e. The van der Waals surface area contributed by atoms with E-state index >= 15 is 0 Å². The quantitative estimate of drug-likeness (QED) is 0.234. The van der Waals surface area contributed by atoms with Crippen LogP contribution in [0.2, 0.25) is 0 Å². The molecular weight excluding hydrogens is 358 g/mol. The molecule has 0 aromatic heterocycles. The van der Waals surface area contributed by atoms with Crippen LogP contribution >= 0.6 is 11.8 Å². The Hall–Kier alpha value is -2.40. The average molecular weight is 384 g/mol. The van der Waals surface area contributed by atoms with Crippen LogP contribution in [-0.2, 0) is 9.63 Å². The number of hydrogen-bond acceptors (Lipinski definition) is 5. The molecule has 0 N–H and O–H groups in total. The second kappa shape index (κ2) is 10.7. The van der Waals surface area contributed by atoms with Crippen molar-refractivity contribution < 1.29 is 14.4 Å². The number of rotatable bonds is 9. The highest BCUT2D eigenvalue weighted by Crippen LogP contribution is 2.28. The molecule has 0 fully saturated rings. The highest BCUT2D eigenvalue weighted by atomic mass is 32.2. The molecule has 0 amide bonds. The minimum Gasteiger partial charge on any atom is -0.318 e. The van der Waals surface area contributed by atoms with Crippen LogP contribution in [-0.4, -0.2) is 17.5 Å². The number of ketones is 1. The first-order chi connectivity index (χ1) is 13.0. The van der Waals surface area contributed by atoms with Crippen LogP contribution in [0.3, 0.4) is 0 Å². The second-order valence-corrected chi connectivity index (χ2v) is 7.34. The maximum absolute atomic E-state index is 11.9. The van der Waals surface area contributed by atoms with Gasteiger partial charge in [-0.15, -0.1) is 0 Å². The summed E-state index contributed by atoms with van der Waals surface area (Å²) in [4.78, 5) is 29.9. The van der Waals surface area contributed by atoms with Crippen LogP contribution in [0.25, 0.3) is 0 Å². The van der Waals surface area contributed by atoms with Crippen LogP contribution in [0, 0.1) is 0 Å². The molecule has 0 saturated carbocycles. The van der Waals surface area contributed by atoms with Crippen molar-refractivity contribution in [1.82, 2.24) is 0 Å². The lowest BCUT2D eigenvalue weighted by Crippen LogP contribution is -2.03. The van der Waals surface area contributed by atoms with Crippen molar-refractivity contribution in [3.8, 4) is 0 Å². The summed E-state index contributed by atoms with van der Waals surface area (Å²) < 4.78 is 0. The van der Waals surface area contributed by atoms with Gasteiger partial charge in [-0.05, 0) is 42.7 Å². The lowest BCUT2D eigenvalue weighted by atomic mass is 10.1. The first-order valence-electron chi connectivity index (χ1n) is 9.19. The van der Waals surface area contributed by atoms with E-state index in [4.69, 9.17) is 4.84 Å². The van der Waals surface area contributed by atoms with Gasteiger partial charge in [0.1, 0.15) is 0 Å². The molecule has 0 spiro atoms. The first-order valence-corrected chi connectivity index (χ1v) is 10.0. The standard InChI is InChI=1S/C22H25NO3S/c1-4-6-21(23-26-16(3)24)17-8-12-19(13-9-17)27-20-14-10-18(11-15-20)22(25)7-5-2/h8-15H,4-7H2,1-3H3/b23-21+. The third-order valence-electron chi connectivity index (χ3n) is 3.85. The van der Waals surface area contributed by atoms with Crippen molar-refractivity contribution in [3.63, 3.8) is 0 Å². The van der Waals surface area contributed by atoms with E-state index in [0.29, 0.717) is 6.42 Å². The summed E-state index contributed by atoms with van der Waals surface area (Å²) in [5.74, 6) is -0.231. The normalized spacial score (nSPS) is 11.3. The molecule has 27 heavy (non-hydrogen) atoms. The van der Waals surface area contributed by atoms with E-state index in [0.717, 1.165) is 45.9 Å². The number of oxime groups is 1. The van der Waals surface area contributed by atoms with Crippen LogP contribution in [0.5, 0.6) is 0 Å². The third-order valence-corrected chi connectivity index (χ3v) is 4.86. The molecule has 0 atom stereocenters. The van der Waals surface area contributed by atoms with Crippen LogP contribution in [0.15, 0.2) is 63.5 Å². The monoisotopic (exact) mass is 383 g/mol. The summed E-state index contributed by atoms with van der Waals surface area (Å²) in [6, 6.07) is 15.8. The van der Waals surface area contributed by atoms with Crippen molar-refractivity contribution in [3.05, 3.63) is 59.7 Å². The molecule has 0 aliphatic carbocycles. The summed E-state index contributed by atoms with van der Waals surface area (Å²) in [5, 5.41) is 3.97. The van der Waals surface area contributed by atoms with Gasteiger partial charge in [0.05, 0.1) is 5.71 Å². The van der Waals surface area contributed by atoms with Crippen molar-refractivity contribution in [2.24, 2.45) is 5.16 Å². The Bertz CT molecular complexity index is 795. The lowest BCUT2D eigenvalue weighted by molar-refractivity contribution is -0.140. The number of hydrogen-bond donors (Lipinski definition) is 0. The molecular formula is C22H25NO3S. The third kappa shape index (κ3) is 6.68. The molecule has 5 heteroatoms. The lowest BCUT2D eigenvalue weighted by Gasteiger charge is -2.07. The maximum atomic E-state index is 11.9. The number of nitrogens with zero attached hydrogens (tertiary/aromatic N) is 1. The first kappa shape index (κ1) is 20.9. The van der Waals surface area contributed by atoms with Gasteiger partial charge in [-0.25, -0.2) is 4.79 Å². The molecule has 0 saturated heterocycles. The maximum Gasteiger partial charge on any atom is 0.331 e. The fourth-order valence-electron chi connectivity index (χ4n) is 2.53. The SMILES string of the molecule is CCCC(=O)c1ccc(Sc2ccc(/C(CCC)=N/OC(C)=O)cc2)cc1. The number of carbonyl (C=O) groups is 2. The minimum atomic E-state index is -0.420. The van der Waals surface area contributed by atoms with E-state index in [-0.39, 0.29) is 5.78 Å². The Morgan fingerprint density at radius 2 is 1.37 bits per heavy atom. The number of benzene rings is 2.